The highest BCUT2D eigenvalue weighted by molar-refractivity contribution is 6.78. The van der Waals surface area contributed by atoms with Crippen LogP contribution in [0.5, 0.6) is 0 Å². The van der Waals surface area contributed by atoms with Crippen LogP contribution in [0.2, 0.25) is 34.8 Å². The molecule has 1 spiro atoms. The Morgan fingerprint density at radius 3 is 2.05 bits per heavy atom. The van der Waals surface area contributed by atoms with Crippen LogP contribution in [-0.4, -0.2) is 70.0 Å². The van der Waals surface area contributed by atoms with Gasteiger partial charge in [-0.05, 0) is 48.1 Å². The molecule has 0 amide bonds. The number of aliphatic hydroxyl groups is 1. The van der Waals surface area contributed by atoms with Crippen LogP contribution in [0.4, 0.5) is 0 Å². The van der Waals surface area contributed by atoms with Crippen LogP contribution >= 0.6 is 0 Å². The maximum Gasteiger partial charge on any atom is 0.302 e. The lowest BCUT2D eigenvalue weighted by atomic mass is 9.82. The molecule has 10 heteroatoms. The van der Waals surface area contributed by atoms with E-state index in [1.165, 1.54) is 6.92 Å². The number of esters is 1. The molecule has 2 fully saturated rings. The van der Waals surface area contributed by atoms with Crippen LogP contribution in [0.25, 0.3) is 0 Å². The van der Waals surface area contributed by atoms with E-state index in [9.17, 15) is 14.7 Å². The number of carbonyl (C=O) groups is 2. The highest BCUT2D eigenvalue weighted by Crippen LogP contribution is 2.48. The topological polar surface area (TPSA) is 101 Å². The Kier molecular flexibility index (Phi) is 14.2. The molecule has 5 atom stereocenters. The van der Waals surface area contributed by atoms with Crippen molar-refractivity contribution >= 4 is 28.6 Å². The molecule has 2 rings (SSSR count). The minimum atomic E-state index is -2.43. The van der Waals surface area contributed by atoms with Gasteiger partial charge in [0.15, 0.2) is 14.1 Å². The lowest BCUT2D eigenvalue weighted by Crippen LogP contribution is -2.61. The monoisotopic (exact) mass is 642 g/mol. The van der Waals surface area contributed by atoms with Crippen molar-refractivity contribution in [2.24, 2.45) is 0 Å². The summed E-state index contributed by atoms with van der Waals surface area (Å²) in [6.07, 6.45) is 5.13. The number of ether oxygens (including phenoxy) is 3. The van der Waals surface area contributed by atoms with Gasteiger partial charge in [0.2, 0.25) is 0 Å². The first kappa shape index (κ1) is 38.1. The summed E-state index contributed by atoms with van der Waals surface area (Å²) in [6.45, 7) is 23.3. The van der Waals surface area contributed by atoms with E-state index >= 15 is 0 Å². The van der Waals surface area contributed by atoms with Gasteiger partial charge >= 0.3 is 5.97 Å². The lowest BCUT2D eigenvalue weighted by Gasteiger charge is -2.54. The summed E-state index contributed by atoms with van der Waals surface area (Å²) in [5, 5.41) is 9.38. The molecule has 2 saturated heterocycles. The van der Waals surface area contributed by atoms with Gasteiger partial charge in [0.25, 0.3) is 14.3 Å². The van der Waals surface area contributed by atoms with E-state index in [1.54, 1.807) is 0 Å². The molecule has 2 aliphatic rings. The van der Waals surface area contributed by atoms with Gasteiger partial charge in [0, 0.05) is 39.2 Å². The number of hydrogen-bond donors (Lipinski definition) is 1. The van der Waals surface area contributed by atoms with Crippen molar-refractivity contribution in [1.29, 1.82) is 0 Å². The van der Waals surface area contributed by atoms with Crippen molar-refractivity contribution in [2.45, 2.75) is 179 Å². The largest absolute Gasteiger partial charge is 0.518 e. The molecule has 2 aliphatic heterocycles. The number of rotatable bonds is 15. The number of aliphatic hydroxyl groups excluding tert-OH is 1. The van der Waals surface area contributed by atoms with Crippen LogP contribution in [0.1, 0.15) is 115 Å². The van der Waals surface area contributed by atoms with E-state index in [2.05, 4.69) is 69.2 Å². The molecule has 1 N–H and O–H groups in total. The molecule has 0 bridgehead atoms. The molecule has 0 aromatic carbocycles. The molecule has 0 aromatic heterocycles. The van der Waals surface area contributed by atoms with Gasteiger partial charge in [-0.25, -0.2) is 0 Å². The second-order valence-electron chi connectivity index (χ2n) is 14.1. The summed E-state index contributed by atoms with van der Waals surface area (Å²) in [5.74, 6) is -1.71. The first-order chi connectivity index (χ1) is 20.0. The third kappa shape index (κ3) is 9.72. The molecule has 250 valence electrons. The van der Waals surface area contributed by atoms with Crippen molar-refractivity contribution < 1.29 is 37.8 Å². The second-order valence-corrected chi connectivity index (χ2v) is 24.2. The Bertz CT molecular complexity index is 904. The maximum absolute atomic E-state index is 13.6. The average Bonchev–Trinajstić information content (AvgIpc) is 2.88. The fraction of sp³-hybridized carbons (Fsp3) is 0.879. The van der Waals surface area contributed by atoms with Gasteiger partial charge in [0.1, 0.15) is 6.10 Å². The van der Waals surface area contributed by atoms with Crippen LogP contribution in [0, 0.1) is 0 Å². The molecule has 8 nitrogen and oxygen atoms in total. The van der Waals surface area contributed by atoms with Crippen LogP contribution in [-0.2, 0) is 32.7 Å². The zero-order chi connectivity index (χ0) is 32.6. The quantitative estimate of drug-likeness (QED) is 0.110. The lowest BCUT2D eigenvalue weighted by molar-refractivity contribution is -0.341. The van der Waals surface area contributed by atoms with Gasteiger partial charge in [-0.2, -0.15) is 0 Å². The zero-order valence-corrected chi connectivity index (χ0v) is 31.0. The van der Waals surface area contributed by atoms with Crippen molar-refractivity contribution in [1.82, 2.24) is 0 Å². The Morgan fingerprint density at radius 2 is 1.56 bits per heavy atom. The molecule has 0 aromatic rings. The van der Waals surface area contributed by atoms with Crippen molar-refractivity contribution in [3.8, 4) is 0 Å². The molecule has 0 saturated carbocycles. The van der Waals surface area contributed by atoms with E-state index in [0.29, 0.717) is 32.1 Å². The van der Waals surface area contributed by atoms with Gasteiger partial charge in [0.05, 0.1) is 24.2 Å². The molecule has 2 heterocycles. The number of carbonyl (C=O) groups excluding carboxylic acids is 2. The summed E-state index contributed by atoms with van der Waals surface area (Å²) in [6, 6.07) is 3.06. The first-order valence-electron chi connectivity index (χ1n) is 16.8. The van der Waals surface area contributed by atoms with Crippen molar-refractivity contribution in [3.63, 3.8) is 0 Å². The predicted octanol–water partition coefficient (Wildman–Crippen LogP) is 7.80. The molecule has 0 aliphatic carbocycles. The standard InChI is InChI=1S/C33H62O8Si2/c1-12-42(13-2,14-3)41-32(11)21-28(17-15-16-18-34)38-33(23-32)22-30(37-27(10)35)19-29(39-33)20-31(36)40-43(24(4)5,25(6)7)26(8)9/h15,17,24-26,28-30,34H,12-14,16,18-23H2,1-11H3/b17-15-/t28-,29+,30-,32-,33-/m0/s1. The predicted molar refractivity (Wildman–Crippen MR) is 176 cm³/mol. The Hall–Kier alpha value is -1.05. The van der Waals surface area contributed by atoms with E-state index in [0.717, 1.165) is 18.1 Å². The van der Waals surface area contributed by atoms with Crippen molar-refractivity contribution in [2.75, 3.05) is 6.61 Å². The van der Waals surface area contributed by atoms with Crippen LogP contribution in [0.15, 0.2) is 12.2 Å². The average molecular weight is 643 g/mol. The smallest absolute Gasteiger partial charge is 0.302 e. The molecular formula is C33H62O8Si2. The maximum atomic E-state index is 13.6. The van der Waals surface area contributed by atoms with Gasteiger partial charge in [-0.1, -0.05) is 74.5 Å². The van der Waals surface area contributed by atoms with Gasteiger partial charge < -0.3 is 28.2 Å². The molecule has 43 heavy (non-hydrogen) atoms. The summed E-state index contributed by atoms with van der Waals surface area (Å²) in [7, 11) is -4.43. The highest BCUT2D eigenvalue weighted by atomic mass is 28.4. The van der Waals surface area contributed by atoms with Crippen molar-refractivity contribution in [3.05, 3.63) is 12.2 Å². The highest BCUT2D eigenvalue weighted by Gasteiger charge is 2.55. The Labute approximate surface area is 263 Å². The Balaban J connectivity index is 2.46. The zero-order valence-electron chi connectivity index (χ0n) is 29.0. The first-order valence-corrected chi connectivity index (χ1v) is 21.4. The summed E-state index contributed by atoms with van der Waals surface area (Å²) >= 11 is 0. The SMILES string of the molecule is CC[Si](CC)(CC)O[C@@]1(C)C[C@H](/C=C\CCO)O[C@]2(C[C@@H](OC(C)=O)C[C@H](CC(=O)O[Si](C(C)C)(C(C)C)C(C)C)O2)C1. The minimum Gasteiger partial charge on any atom is -0.518 e. The van der Waals surface area contributed by atoms with Crippen LogP contribution < -0.4 is 0 Å². The molecule has 0 radical (unpaired) electrons. The van der Waals surface area contributed by atoms with E-state index in [-0.39, 0.29) is 47.7 Å². The normalized spacial score (nSPS) is 28.8. The van der Waals surface area contributed by atoms with Gasteiger partial charge in [-0.15, -0.1) is 0 Å². The third-order valence-corrected chi connectivity index (χ3v) is 20.6. The summed E-state index contributed by atoms with van der Waals surface area (Å²) in [5.41, 5.74) is 0.291. The number of hydrogen-bond acceptors (Lipinski definition) is 8. The van der Waals surface area contributed by atoms with E-state index < -0.39 is 40.2 Å². The molecular weight excluding hydrogens is 581 g/mol. The van der Waals surface area contributed by atoms with Crippen LogP contribution in [0.3, 0.4) is 0 Å². The third-order valence-electron chi connectivity index (χ3n) is 9.86. The fourth-order valence-corrected chi connectivity index (χ4v) is 16.3. The minimum absolute atomic E-state index is 0.0583. The Morgan fingerprint density at radius 1 is 0.977 bits per heavy atom. The fourth-order valence-electron chi connectivity index (χ4n) is 7.96. The van der Waals surface area contributed by atoms with E-state index in [4.69, 9.17) is 23.1 Å². The molecule has 0 unspecified atom stereocenters. The summed E-state index contributed by atoms with van der Waals surface area (Å²) < 4.78 is 32.9. The summed E-state index contributed by atoms with van der Waals surface area (Å²) in [4.78, 5) is 25.8. The van der Waals surface area contributed by atoms with Gasteiger partial charge in [-0.3, -0.25) is 9.59 Å². The van der Waals surface area contributed by atoms with E-state index in [1.807, 2.05) is 12.2 Å². The second kappa shape index (κ2) is 16.0.